The Balaban J connectivity index is 1.62. The van der Waals surface area contributed by atoms with Crippen molar-refractivity contribution >= 4 is 12.0 Å². The molecule has 0 saturated carbocycles. The number of carbonyl (C=O) groups is 1. The summed E-state index contributed by atoms with van der Waals surface area (Å²) in [4.78, 5) is 16.4. The quantitative estimate of drug-likeness (QED) is 0.729. The standard InChI is InChI=1S/C18H27N3O2/c1-23-15-9-19-18(22)16-21-13-11-20(12-14-21)10-5-8-17-6-3-2-4-7-17/h2-8H,9-16H2,1H3,(H,19,22). The number of nitrogens with zero attached hydrogens (tertiary/aromatic N) is 2. The molecule has 1 aromatic rings. The molecule has 0 aliphatic carbocycles. The molecule has 0 bridgehead atoms. The maximum atomic E-state index is 11.8. The van der Waals surface area contributed by atoms with Gasteiger partial charge in [0, 0.05) is 46.4 Å². The summed E-state index contributed by atoms with van der Waals surface area (Å²) < 4.78 is 4.92. The number of rotatable bonds is 8. The Kier molecular flexibility index (Phi) is 7.80. The first-order valence-corrected chi connectivity index (χ1v) is 8.20. The maximum Gasteiger partial charge on any atom is 0.234 e. The van der Waals surface area contributed by atoms with Gasteiger partial charge in [-0.3, -0.25) is 14.6 Å². The van der Waals surface area contributed by atoms with E-state index in [0.29, 0.717) is 19.7 Å². The van der Waals surface area contributed by atoms with Crippen LogP contribution >= 0.6 is 0 Å². The third kappa shape index (κ3) is 6.95. The molecule has 5 heteroatoms. The Morgan fingerprint density at radius 2 is 1.87 bits per heavy atom. The van der Waals surface area contributed by atoms with Crippen LogP contribution in [0.15, 0.2) is 36.4 Å². The van der Waals surface area contributed by atoms with Crippen LogP contribution in [0.25, 0.3) is 6.08 Å². The minimum absolute atomic E-state index is 0.0828. The highest BCUT2D eigenvalue weighted by Crippen LogP contribution is 2.04. The fourth-order valence-corrected chi connectivity index (χ4v) is 2.58. The van der Waals surface area contributed by atoms with E-state index in [-0.39, 0.29) is 5.91 Å². The number of piperazine rings is 1. The van der Waals surface area contributed by atoms with Crippen molar-refractivity contribution in [1.82, 2.24) is 15.1 Å². The zero-order chi connectivity index (χ0) is 16.3. The third-order valence-corrected chi connectivity index (χ3v) is 3.93. The van der Waals surface area contributed by atoms with Crippen molar-refractivity contribution in [1.29, 1.82) is 0 Å². The molecule has 0 radical (unpaired) electrons. The van der Waals surface area contributed by atoms with E-state index in [4.69, 9.17) is 4.74 Å². The molecular weight excluding hydrogens is 290 g/mol. The van der Waals surface area contributed by atoms with Gasteiger partial charge in [-0.15, -0.1) is 0 Å². The van der Waals surface area contributed by atoms with Crippen LogP contribution in [0.5, 0.6) is 0 Å². The molecule has 1 heterocycles. The molecule has 0 atom stereocenters. The van der Waals surface area contributed by atoms with E-state index in [9.17, 15) is 4.79 Å². The summed E-state index contributed by atoms with van der Waals surface area (Å²) in [6, 6.07) is 10.3. The van der Waals surface area contributed by atoms with Crippen molar-refractivity contribution in [2.75, 3.05) is 59.5 Å². The van der Waals surface area contributed by atoms with Gasteiger partial charge < -0.3 is 10.1 Å². The van der Waals surface area contributed by atoms with Crippen molar-refractivity contribution < 1.29 is 9.53 Å². The first kappa shape index (κ1) is 17.7. The van der Waals surface area contributed by atoms with Gasteiger partial charge in [-0.05, 0) is 5.56 Å². The van der Waals surface area contributed by atoms with Gasteiger partial charge in [0.25, 0.3) is 0 Å². The number of nitrogens with one attached hydrogen (secondary N) is 1. The van der Waals surface area contributed by atoms with Crippen molar-refractivity contribution in [3.63, 3.8) is 0 Å². The Bertz CT molecular complexity index is 482. The van der Waals surface area contributed by atoms with Gasteiger partial charge in [-0.25, -0.2) is 0 Å². The summed E-state index contributed by atoms with van der Waals surface area (Å²) in [6.07, 6.45) is 4.37. The average molecular weight is 317 g/mol. The second-order valence-corrected chi connectivity index (χ2v) is 5.73. The normalized spacial score (nSPS) is 16.7. The van der Waals surface area contributed by atoms with E-state index < -0.39 is 0 Å². The number of methoxy groups -OCH3 is 1. The summed E-state index contributed by atoms with van der Waals surface area (Å²) in [5.41, 5.74) is 1.24. The first-order valence-electron chi connectivity index (χ1n) is 8.20. The molecule has 2 rings (SSSR count). The monoisotopic (exact) mass is 317 g/mol. The third-order valence-electron chi connectivity index (χ3n) is 3.93. The van der Waals surface area contributed by atoms with Crippen LogP contribution in [0.2, 0.25) is 0 Å². The smallest absolute Gasteiger partial charge is 0.234 e. The highest BCUT2D eigenvalue weighted by atomic mass is 16.5. The van der Waals surface area contributed by atoms with Crippen molar-refractivity contribution in [3.8, 4) is 0 Å². The van der Waals surface area contributed by atoms with Gasteiger partial charge in [0.15, 0.2) is 0 Å². The average Bonchev–Trinajstić information content (AvgIpc) is 2.58. The largest absolute Gasteiger partial charge is 0.383 e. The van der Waals surface area contributed by atoms with Crippen LogP contribution in [-0.4, -0.2) is 75.2 Å². The maximum absolute atomic E-state index is 11.8. The van der Waals surface area contributed by atoms with Crippen LogP contribution in [0.4, 0.5) is 0 Å². The van der Waals surface area contributed by atoms with Crippen molar-refractivity contribution in [3.05, 3.63) is 42.0 Å². The van der Waals surface area contributed by atoms with Crippen LogP contribution in [-0.2, 0) is 9.53 Å². The number of amides is 1. The Labute approximate surface area is 138 Å². The summed E-state index contributed by atoms with van der Waals surface area (Å²) in [5.74, 6) is 0.0828. The highest BCUT2D eigenvalue weighted by Gasteiger charge is 2.17. The molecule has 1 fully saturated rings. The molecule has 1 aliphatic rings. The molecular formula is C18H27N3O2. The zero-order valence-electron chi connectivity index (χ0n) is 13.9. The Hall–Kier alpha value is -1.69. The number of hydrogen-bond donors (Lipinski definition) is 1. The Morgan fingerprint density at radius 1 is 1.17 bits per heavy atom. The first-order chi connectivity index (χ1) is 11.3. The summed E-state index contributed by atoms with van der Waals surface area (Å²) >= 11 is 0. The van der Waals surface area contributed by atoms with Gasteiger partial charge in [0.2, 0.25) is 5.91 Å². The lowest BCUT2D eigenvalue weighted by atomic mass is 10.2. The van der Waals surface area contributed by atoms with Gasteiger partial charge in [-0.2, -0.15) is 0 Å². The van der Waals surface area contributed by atoms with E-state index in [2.05, 4.69) is 51.5 Å². The molecule has 126 valence electrons. The molecule has 0 unspecified atom stereocenters. The van der Waals surface area contributed by atoms with Gasteiger partial charge >= 0.3 is 0 Å². The summed E-state index contributed by atoms with van der Waals surface area (Å²) in [5, 5.41) is 2.86. The predicted octanol–water partition coefficient (Wildman–Crippen LogP) is 1.08. The molecule has 1 amide bonds. The highest BCUT2D eigenvalue weighted by molar-refractivity contribution is 5.78. The molecule has 0 spiro atoms. The second-order valence-electron chi connectivity index (χ2n) is 5.73. The number of hydrogen-bond acceptors (Lipinski definition) is 4. The van der Waals surface area contributed by atoms with E-state index >= 15 is 0 Å². The molecule has 23 heavy (non-hydrogen) atoms. The summed E-state index contributed by atoms with van der Waals surface area (Å²) in [7, 11) is 1.64. The molecule has 1 saturated heterocycles. The van der Waals surface area contributed by atoms with Gasteiger partial charge in [0.1, 0.15) is 0 Å². The van der Waals surface area contributed by atoms with Crippen molar-refractivity contribution in [2.24, 2.45) is 0 Å². The predicted molar refractivity (Wildman–Crippen MR) is 93.2 cm³/mol. The molecule has 1 aromatic carbocycles. The van der Waals surface area contributed by atoms with Crippen LogP contribution in [0, 0.1) is 0 Å². The van der Waals surface area contributed by atoms with E-state index in [1.165, 1.54) is 5.56 Å². The summed E-state index contributed by atoms with van der Waals surface area (Å²) in [6.45, 7) is 6.48. The number of ether oxygens (including phenoxy) is 1. The number of carbonyl (C=O) groups excluding carboxylic acids is 1. The fourth-order valence-electron chi connectivity index (χ4n) is 2.58. The molecule has 1 aliphatic heterocycles. The second kappa shape index (κ2) is 10.2. The SMILES string of the molecule is COCCNC(=O)CN1CCN(CC=Cc2ccccc2)CC1. The minimum atomic E-state index is 0.0828. The lowest BCUT2D eigenvalue weighted by molar-refractivity contribution is -0.122. The van der Waals surface area contributed by atoms with Crippen LogP contribution < -0.4 is 5.32 Å². The van der Waals surface area contributed by atoms with E-state index in [1.807, 2.05) is 6.07 Å². The zero-order valence-corrected chi connectivity index (χ0v) is 13.9. The van der Waals surface area contributed by atoms with E-state index in [0.717, 1.165) is 32.7 Å². The molecule has 1 N–H and O–H groups in total. The van der Waals surface area contributed by atoms with Gasteiger partial charge in [-0.1, -0.05) is 42.5 Å². The topological polar surface area (TPSA) is 44.8 Å². The number of benzene rings is 1. The lowest BCUT2D eigenvalue weighted by Gasteiger charge is -2.33. The minimum Gasteiger partial charge on any atom is -0.383 e. The molecule has 5 nitrogen and oxygen atoms in total. The van der Waals surface area contributed by atoms with Crippen LogP contribution in [0.3, 0.4) is 0 Å². The van der Waals surface area contributed by atoms with Crippen molar-refractivity contribution in [2.45, 2.75) is 0 Å². The lowest BCUT2D eigenvalue weighted by Crippen LogP contribution is -2.49. The molecule has 0 aromatic heterocycles. The van der Waals surface area contributed by atoms with Crippen LogP contribution in [0.1, 0.15) is 5.56 Å². The van der Waals surface area contributed by atoms with Gasteiger partial charge in [0.05, 0.1) is 13.2 Å². The van der Waals surface area contributed by atoms with E-state index in [1.54, 1.807) is 7.11 Å². The fraction of sp³-hybridized carbons (Fsp3) is 0.500. The Morgan fingerprint density at radius 3 is 2.57 bits per heavy atom.